The van der Waals surface area contributed by atoms with Gasteiger partial charge in [0.15, 0.2) is 0 Å². The highest BCUT2D eigenvalue weighted by molar-refractivity contribution is 8.22. The summed E-state index contributed by atoms with van der Waals surface area (Å²) < 4.78 is 32.2. The fraction of sp³-hybridized carbons (Fsp3) is 0.357. The molecule has 206 valence electrons. The molecule has 3 heterocycles. The molecule has 0 saturated carbocycles. The summed E-state index contributed by atoms with van der Waals surface area (Å²) in [6.45, 7) is 6.45. The van der Waals surface area contributed by atoms with Gasteiger partial charge in [-0.1, -0.05) is 36.4 Å². The number of aryl methyl sites for hydroxylation is 3. The Morgan fingerprint density at radius 1 is 1.21 bits per heavy atom. The second kappa shape index (κ2) is 10.6. The Labute approximate surface area is 228 Å². The normalized spacial score (nSPS) is 18.7. The number of aliphatic carboxylic acids is 1. The van der Waals surface area contributed by atoms with Gasteiger partial charge in [0, 0.05) is 25.7 Å². The third kappa shape index (κ3) is 5.10. The lowest BCUT2D eigenvalue weighted by atomic mass is 9.84. The Morgan fingerprint density at radius 2 is 2.00 bits per heavy atom. The SMILES string of the molecule is CC[C@@H]1CN(Cc2cc(C(CC(=O)O)c3ccc4c(nnn4C)c3C)ccc2C)S(O)(O)c2cccnc2O1. The molecule has 5 rings (SSSR count). The van der Waals surface area contributed by atoms with E-state index in [2.05, 4.69) is 15.3 Å². The summed E-state index contributed by atoms with van der Waals surface area (Å²) in [4.78, 5) is 16.5. The van der Waals surface area contributed by atoms with Crippen molar-refractivity contribution in [3.63, 3.8) is 0 Å². The zero-order valence-corrected chi connectivity index (χ0v) is 23.2. The average molecular weight is 552 g/mol. The van der Waals surface area contributed by atoms with Crippen LogP contribution in [0.1, 0.15) is 53.5 Å². The molecule has 39 heavy (non-hydrogen) atoms. The maximum absolute atomic E-state index is 12.0. The van der Waals surface area contributed by atoms with E-state index in [1.807, 2.05) is 58.2 Å². The van der Waals surface area contributed by atoms with Crippen LogP contribution in [-0.2, 0) is 18.4 Å². The zero-order chi connectivity index (χ0) is 27.9. The number of nitrogens with zero attached hydrogens (tertiary/aromatic N) is 5. The number of fused-ring (bicyclic) bond motifs is 2. The van der Waals surface area contributed by atoms with Gasteiger partial charge in [-0.2, -0.15) is 4.31 Å². The minimum atomic E-state index is -3.38. The van der Waals surface area contributed by atoms with Crippen molar-refractivity contribution in [1.29, 1.82) is 0 Å². The predicted octanol–water partition coefficient (Wildman–Crippen LogP) is 5.28. The number of ether oxygens (including phenoxy) is 1. The van der Waals surface area contributed by atoms with E-state index in [4.69, 9.17) is 4.74 Å². The van der Waals surface area contributed by atoms with E-state index in [1.54, 1.807) is 27.3 Å². The van der Waals surface area contributed by atoms with Gasteiger partial charge in [0.2, 0.25) is 5.88 Å². The van der Waals surface area contributed by atoms with Crippen LogP contribution < -0.4 is 4.74 Å². The van der Waals surface area contributed by atoms with Crippen molar-refractivity contribution in [3.8, 4) is 5.88 Å². The first-order valence-electron chi connectivity index (χ1n) is 12.8. The summed E-state index contributed by atoms with van der Waals surface area (Å²) in [5, 5.41) is 18.2. The number of carboxylic acid groups (broad SMARTS) is 1. The van der Waals surface area contributed by atoms with E-state index in [0.717, 1.165) is 38.9 Å². The molecule has 0 spiro atoms. The monoisotopic (exact) mass is 551 g/mol. The summed E-state index contributed by atoms with van der Waals surface area (Å²) in [6, 6.07) is 13.1. The highest BCUT2D eigenvalue weighted by Crippen LogP contribution is 2.57. The summed E-state index contributed by atoms with van der Waals surface area (Å²) in [5.74, 6) is -1.09. The lowest BCUT2D eigenvalue weighted by Crippen LogP contribution is -2.34. The molecule has 1 aliphatic heterocycles. The van der Waals surface area contributed by atoms with E-state index < -0.39 is 22.7 Å². The molecule has 10 nitrogen and oxygen atoms in total. The minimum absolute atomic E-state index is 0.0984. The molecular formula is C28H33N5O5S. The fourth-order valence-corrected chi connectivity index (χ4v) is 6.75. The van der Waals surface area contributed by atoms with Crippen molar-refractivity contribution in [3.05, 3.63) is 76.5 Å². The minimum Gasteiger partial charge on any atom is -0.481 e. The number of carboxylic acids is 1. The topological polar surface area (TPSA) is 134 Å². The number of hydrogen-bond acceptors (Lipinski definition) is 8. The average Bonchev–Trinajstić information content (AvgIpc) is 3.24. The van der Waals surface area contributed by atoms with Gasteiger partial charge in [0.1, 0.15) is 16.5 Å². The second-order valence-electron chi connectivity index (χ2n) is 9.99. The van der Waals surface area contributed by atoms with E-state index in [9.17, 15) is 19.0 Å². The van der Waals surface area contributed by atoms with Gasteiger partial charge in [-0.05, 0) is 66.3 Å². The standard InChI is InChI=1S/C28H33N5O5S/c1-5-21-16-33(39(36,37)25-7-6-12-29-28(25)38-21)15-20-13-19(9-8-17(20)2)23(14-26(34)35)22-10-11-24-27(18(22)3)30-31-32(24)4/h6-13,21,23,36-37H,5,14-16H2,1-4H3,(H,34,35)/t21-,23?/m1/s1. The first kappa shape index (κ1) is 27.1. The number of pyridine rings is 1. The van der Waals surface area contributed by atoms with Crippen molar-refractivity contribution in [2.24, 2.45) is 7.05 Å². The van der Waals surface area contributed by atoms with E-state index >= 15 is 0 Å². The Kier molecular flexibility index (Phi) is 7.34. The molecule has 0 radical (unpaired) electrons. The van der Waals surface area contributed by atoms with Crippen LogP contribution in [-0.4, -0.2) is 57.1 Å². The van der Waals surface area contributed by atoms with Crippen LogP contribution >= 0.6 is 10.8 Å². The van der Waals surface area contributed by atoms with Crippen LogP contribution in [0.3, 0.4) is 0 Å². The van der Waals surface area contributed by atoms with Gasteiger partial charge >= 0.3 is 5.97 Å². The number of rotatable bonds is 7. The first-order chi connectivity index (χ1) is 18.6. The summed E-state index contributed by atoms with van der Waals surface area (Å²) in [6.07, 6.45) is 1.88. The lowest BCUT2D eigenvalue weighted by Gasteiger charge is -2.41. The highest BCUT2D eigenvalue weighted by atomic mass is 32.3. The summed E-state index contributed by atoms with van der Waals surface area (Å²) in [7, 11) is -1.55. The molecule has 0 amide bonds. The fourth-order valence-electron chi connectivity index (χ4n) is 5.18. The molecule has 0 bridgehead atoms. The number of hydrogen-bond donors (Lipinski definition) is 3. The maximum atomic E-state index is 12.0. The molecule has 2 aromatic carbocycles. The van der Waals surface area contributed by atoms with Crippen molar-refractivity contribution in [2.75, 3.05) is 6.54 Å². The molecule has 1 aliphatic rings. The van der Waals surface area contributed by atoms with E-state index in [-0.39, 0.29) is 29.8 Å². The molecule has 11 heteroatoms. The lowest BCUT2D eigenvalue weighted by molar-refractivity contribution is -0.137. The van der Waals surface area contributed by atoms with Crippen LogP contribution in [0.2, 0.25) is 0 Å². The Morgan fingerprint density at radius 3 is 2.74 bits per heavy atom. The Hall–Kier alpha value is -3.51. The number of benzene rings is 2. The summed E-state index contributed by atoms with van der Waals surface area (Å²) in [5.41, 5.74) is 6.07. The van der Waals surface area contributed by atoms with Gasteiger partial charge in [-0.15, -0.1) is 15.9 Å². The highest BCUT2D eigenvalue weighted by Gasteiger charge is 2.35. The van der Waals surface area contributed by atoms with Crippen LogP contribution in [0.25, 0.3) is 11.0 Å². The molecular weight excluding hydrogens is 518 g/mol. The molecule has 2 aromatic heterocycles. The Balaban J connectivity index is 1.55. The van der Waals surface area contributed by atoms with Gasteiger partial charge in [-0.3, -0.25) is 13.9 Å². The smallest absolute Gasteiger partial charge is 0.304 e. The third-order valence-corrected chi connectivity index (χ3v) is 9.39. The van der Waals surface area contributed by atoms with Crippen LogP contribution in [0, 0.1) is 13.8 Å². The zero-order valence-electron chi connectivity index (χ0n) is 22.4. The van der Waals surface area contributed by atoms with Crippen LogP contribution in [0.5, 0.6) is 5.88 Å². The van der Waals surface area contributed by atoms with Crippen molar-refractivity contribution >= 4 is 27.8 Å². The van der Waals surface area contributed by atoms with E-state index in [0.29, 0.717) is 13.0 Å². The molecule has 0 fully saturated rings. The molecule has 2 atom stereocenters. The van der Waals surface area contributed by atoms with Gasteiger partial charge in [0.05, 0.1) is 18.5 Å². The third-order valence-electron chi connectivity index (χ3n) is 7.49. The largest absolute Gasteiger partial charge is 0.481 e. The molecule has 4 aromatic rings. The number of aromatic nitrogens is 4. The first-order valence-corrected chi connectivity index (χ1v) is 14.4. The van der Waals surface area contributed by atoms with Crippen molar-refractivity contribution in [2.45, 2.75) is 57.1 Å². The summed E-state index contributed by atoms with van der Waals surface area (Å²) >= 11 is 0. The maximum Gasteiger partial charge on any atom is 0.304 e. The molecule has 1 unspecified atom stereocenters. The second-order valence-corrected chi connectivity index (χ2v) is 12.0. The number of carbonyl (C=O) groups is 1. The van der Waals surface area contributed by atoms with Gasteiger partial charge < -0.3 is 9.84 Å². The van der Waals surface area contributed by atoms with Crippen LogP contribution in [0.4, 0.5) is 0 Å². The molecule has 3 N–H and O–H groups in total. The predicted molar refractivity (Wildman–Crippen MR) is 149 cm³/mol. The van der Waals surface area contributed by atoms with Gasteiger partial charge in [-0.25, -0.2) is 9.67 Å². The quantitative estimate of drug-likeness (QED) is 0.280. The van der Waals surface area contributed by atoms with Crippen molar-refractivity contribution < 1.29 is 23.7 Å². The molecule has 0 aliphatic carbocycles. The van der Waals surface area contributed by atoms with Crippen LogP contribution in [0.15, 0.2) is 53.6 Å². The van der Waals surface area contributed by atoms with Crippen molar-refractivity contribution in [1.82, 2.24) is 24.3 Å². The molecule has 0 saturated heterocycles. The Bertz CT molecular complexity index is 1540. The van der Waals surface area contributed by atoms with Gasteiger partial charge in [0.25, 0.3) is 0 Å². The van der Waals surface area contributed by atoms with E-state index in [1.165, 1.54) is 0 Å².